The van der Waals surface area contributed by atoms with E-state index in [9.17, 15) is 4.79 Å². The number of hydrogen-bond donors (Lipinski definition) is 1. The molecule has 0 bridgehead atoms. The molecule has 0 saturated carbocycles. The molecule has 3 rings (SSSR count). The average Bonchev–Trinajstić information content (AvgIpc) is 2.94. The molecule has 108 valence electrons. The van der Waals surface area contributed by atoms with Crippen molar-refractivity contribution < 1.29 is 4.79 Å². The highest BCUT2D eigenvalue weighted by Gasteiger charge is 2.48. The van der Waals surface area contributed by atoms with Crippen LogP contribution in [0.3, 0.4) is 0 Å². The molecule has 2 aromatic rings. The maximum absolute atomic E-state index is 12.2. The Morgan fingerprint density at radius 1 is 1.24 bits per heavy atom. The van der Waals surface area contributed by atoms with Crippen molar-refractivity contribution in [3.63, 3.8) is 0 Å². The van der Waals surface area contributed by atoms with Gasteiger partial charge in [-0.05, 0) is 19.4 Å². The molecule has 2 aromatic heterocycles. The fourth-order valence-corrected chi connectivity index (χ4v) is 2.93. The predicted molar refractivity (Wildman–Crippen MR) is 74.6 cm³/mol. The quantitative estimate of drug-likeness (QED) is 0.863. The fourth-order valence-electron chi connectivity index (χ4n) is 2.93. The van der Waals surface area contributed by atoms with Crippen molar-refractivity contribution in [3.05, 3.63) is 48.6 Å². The van der Waals surface area contributed by atoms with E-state index in [1.54, 1.807) is 31.0 Å². The summed E-state index contributed by atoms with van der Waals surface area (Å²) in [5.41, 5.74) is 6.37. The summed E-state index contributed by atoms with van der Waals surface area (Å²) in [5.74, 6) is -0.391. The fraction of sp³-hybridized carbons (Fsp3) is 0.357. The van der Waals surface area contributed by atoms with E-state index < -0.39 is 11.4 Å². The Balaban J connectivity index is 1.97. The van der Waals surface area contributed by atoms with Crippen LogP contribution in [-0.2, 0) is 16.9 Å². The van der Waals surface area contributed by atoms with E-state index in [2.05, 4.69) is 19.9 Å². The summed E-state index contributed by atoms with van der Waals surface area (Å²) in [5, 5.41) is 0. The lowest BCUT2D eigenvalue weighted by Gasteiger charge is -2.34. The lowest BCUT2D eigenvalue weighted by molar-refractivity contribution is -0.129. The minimum atomic E-state index is -0.899. The summed E-state index contributed by atoms with van der Waals surface area (Å²) in [7, 11) is 0. The summed E-state index contributed by atoms with van der Waals surface area (Å²) in [6.07, 6.45) is 11.3. The highest BCUT2D eigenvalue weighted by molar-refractivity contribution is 5.86. The second-order valence-electron chi connectivity index (χ2n) is 5.09. The van der Waals surface area contributed by atoms with E-state index in [0.29, 0.717) is 18.7 Å². The van der Waals surface area contributed by atoms with Crippen LogP contribution in [0.4, 0.5) is 0 Å². The first-order chi connectivity index (χ1) is 10.2. The van der Waals surface area contributed by atoms with Crippen LogP contribution in [-0.4, -0.2) is 37.3 Å². The Kier molecular flexibility index (Phi) is 3.57. The Labute approximate surface area is 122 Å². The van der Waals surface area contributed by atoms with E-state index in [4.69, 9.17) is 5.73 Å². The molecule has 7 nitrogen and oxygen atoms in total. The Hall–Kier alpha value is -2.41. The van der Waals surface area contributed by atoms with Gasteiger partial charge in [-0.1, -0.05) is 0 Å². The van der Waals surface area contributed by atoms with Crippen LogP contribution in [0.2, 0.25) is 0 Å². The van der Waals surface area contributed by atoms with E-state index in [-0.39, 0.29) is 0 Å². The number of amides is 1. The van der Waals surface area contributed by atoms with Gasteiger partial charge >= 0.3 is 0 Å². The number of carbonyl (C=O) groups excluding carboxylic acids is 1. The van der Waals surface area contributed by atoms with E-state index in [1.807, 2.05) is 4.90 Å². The summed E-state index contributed by atoms with van der Waals surface area (Å²) < 4.78 is 0. The van der Waals surface area contributed by atoms with Crippen LogP contribution in [0.1, 0.15) is 24.1 Å². The van der Waals surface area contributed by atoms with Crippen LogP contribution >= 0.6 is 0 Å². The molecular weight excluding hydrogens is 268 g/mol. The van der Waals surface area contributed by atoms with Crippen molar-refractivity contribution in [2.45, 2.75) is 24.9 Å². The first-order valence-electron chi connectivity index (χ1n) is 6.79. The molecular formula is C14H16N6O. The first-order valence-corrected chi connectivity index (χ1v) is 6.79. The maximum atomic E-state index is 12.2. The van der Waals surface area contributed by atoms with Gasteiger partial charge in [0.05, 0.1) is 11.9 Å². The molecule has 1 aliphatic heterocycles. The van der Waals surface area contributed by atoms with Gasteiger partial charge in [0, 0.05) is 36.9 Å². The summed E-state index contributed by atoms with van der Waals surface area (Å²) in [6.45, 7) is 1.33. The minimum Gasteiger partial charge on any atom is -0.368 e. The van der Waals surface area contributed by atoms with Gasteiger partial charge < -0.3 is 5.73 Å². The molecule has 7 heteroatoms. The van der Waals surface area contributed by atoms with Crippen molar-refractivity contribution in [1.29, 1.82) is 0 Å². The van der Waals surface area contributed by atoms with E-state index in [0.717, 1.165) is 18.5 Å². The molecule has 1 saturated heterocycles. The van der Waals surface area contributed by atoms with Crippen LogP contribution in [0.5, 0.6) is 0 Å². The third-order valence-corrected chi connectivity index (χ3v) is 3.89. The van der Waals surface area contributed by atoms with Crippen molar-refractivity contribution in [1.82, 2.24) is 24.8 Å². The Morgan fingerprint density at radius 2 is 2.05 bits per heavy atom. The zero-order valence-corrected chi connectivity index (χ0v) is 11.5. The van der Waals surface area contributed by atoms with Gasteiger partial charge in [0.1, 0.15) is 11.9 Å². The van der Waals surface area contributed by atoms with Gasteiger partial charge in [0.25, 0.3) is 0 Å². The van der Waals surface area contributed by atoms with Crippen molar-refractivity contribution in [2.24, 2.45) is 5.73 Å². The molecule has 0 radical (unpaired) electrons. The summed E-state index contributed by atoms with van der Waals surface area (Å²) in [4.78, 5) is 30.7. The van der Waals surface area contributed by atoms with Crippen LogP contribution in [0.25, 0.3) is 0 Å². The topological polar surface area (TPSA) is 97.9 Å². The maximum Gasteiger partial charge on any atom is 0.244 e. The van der Waals surface area contributed by atoms with Crippen molar-refractivity contribution >= 4 is 5.91 Å². The van der Waals surface area contributed by atoms with Crippen LogP contribution < -0.4 is 5.73 Å². The van der Waals surface area contributed by atoms with Gasteiger partial charge in [0.2, 0.25) is 5.91 Å². The molecule has 0 unspecified atom stereocenters. The van der Waals surface area contributed by atoms with Gasteiger partial charge in [0.15, 0.2) is 0 Å². The van der Waals surface area contributed by atoms with Crippen LogP contribution in [0, 0.1) is 0 Å². The number of carbonyl (C=O) groups is 1. The third-order valence-electron chi connectivity index (χ3n) is 3.89. The summed E-state index contributed by atoms with van der Waals surface area (Å²) in [6, 6.07) is 0. The van der Waals surface area contributed by atoms with Gasteiger partial charge in [-0.15, -0.1) is 0 Å². The lowest BCUT2D eigenvalue weighted by Crippen LogP contribution is -2.51. The standard InChI is InChI=1S/C14H16N6O/c15-13(21)14(12-8-16-3-4-19-12)2-1-5-20(14)9-11-6-17-10-18-7-11/h3-4,6-8,10H,1-2,5,9H2,(H2,15,21)/t14-/m0/s1. The van der Waals surface area contributed by atoms with Gasteiger partial charge in [-0.2, -0.15) is 0 Å². The Morgan fingerprint density at radius 3 is 2.71 bits per heavy atom. The van der Waals surface area contributed by atoms with E-state index in [1.165, 1.54) is 6.33 Å². The van der Waals surface area contributed by atoms with E-state index >= 15 is 0 Å². The second kappa shape index (κ2) is 5.53. The highest BCUT2D eigenvalue weighted by Crippen LogP contribution is 2.38. The summed E-state index contributed by atoms with van der Waals surface area (Å²) >= 11 is 0. The molecule has 3 heterocycles. The van der Waals surface area contributed by atoms with Crippen LogP contribution in [0.15, 0.2) is 37.3 Å². The molecule has 0 aromatic carbocycles. The van der Waals surface area contributed by atoms with Gasteiger partial charge in [-0.3, -0.25) is 19.7 Å². The lowest BCUT2D eigenvalue weighted by atomic mass is 9.91. The monoisotopic (exact) mass is 284 g/mol. The molecule has 21 heavy (non-hydrogen) atoms. The Bertz CT molecular complexity index is 620. The molecule has 2 N–H and O–H groups in total. The number of primary amides is 1. The number of hydrogen-bond acceptors (Lipinski definition) is 6. The molecule has 0 spiro atoms. The normalized spacial score (nSPS) is 22.3. The minimum absolute atomic E-state index is 0.391. The number of rotatable bonds is 4. The largest absolute Gasteiger partial charge is 0.368 e. The average molecular weight is 284 g/mol. The molecule has 0 aliphatic carbocycles. The van der Waals surface area contributed by atoms with Gasteiger partial charge in [-0.25, -0.2) is 9.97 Å². The number of likely N-dealkylation sites (tertiary alicyclic amines) is 1. The first kappa shape index (κ1) is 13.6. The smallest absolute Gasteiger partial charge is 0.244 e. The zero-order chi connectivity index (χ0) is 14.7. The second-order valence-corrected chi connectivity index (χ2v) is 5.09. The zero-order valence-electron chi connectivity index (χ0n) is 11.5. The SMILES string of the molecule is NC(=O)[C@@]1(c2cnccn2)CCCN1Cc1cncnc1. The number of aromatic nitrogens is 4. The molecule has 1 aliphatic rings. The van der Waals surface area contributed by atoms with Crippen molar-refractivity contribution in [3.8, 4) is 0 Å². The predicted octanol–water partition coefficient (Wildman–Crippen LogP) is 0.243. The highest BCUT2D eigenvalue weighted by atomic mass is 16.1. The number of nitrogens with zero attached hydrogens (tertiary/aromatic N) is 5. The molecule has 1 amide bonds. The third kappa shape index (κ3) is 2.36. The molecule has 1 atom stereocenters. The van der Waals surface area contributed by atoms with Crippen molar-refractivity contribution in [2.75, 3.05) is 6.54 Å². The number of nitrogens with two attached hydrogens (primary N) is 1. The molecule has 1 fully saturated rings.